The van der Waals surface area contributed by atoms with Gasteiger partial charge in [0.25, 0.3) is 6.47 Å². The molecule has 0 bridgehead atoms. The highest BCUT2D eigenvalue weighted by molar-refractivity contribution is 5.32. The highest BCUT2D eigenvalue weighted by atomic mass is 16.3. The molecule has 2 N–H and O–H groups in total. The highest BCUT2D eigenvalue weighted by Crippen LogP contribution is 2.00. The molecule has 14 heavy (non-hydrogen) atoms. The Morgan fingerprint density at radius 3 is 1.64 bits per heavy atom. The molecule has 0 spiro atoms. The molecular formula is C11H25NO2. The Bertz CT molecular complexity index is 108. The summed E-state index contributed by atoms with van der Waals surface area (Å²) in [5, 5.41) is 10.5. The third kappa shape index (κ3) is 14.0. The molecule has 0 aliphatic carbocycles. The van der Waals surface area contributed by atoms with Gasteiger partial charge in [0.2, 0.25) is 0 Å². The number of carbonyl (C=O) groups is 1. The van der Waals surface area contributed by atoms with E-state index in [1.807, 2.05) is 0 Å². The van der Waals surface area contributed by atoms with Gasteiger partial charge >= 0.3 is 0 Å². The molecule has 0 aliphatic rings. The molecule has 0 aliphatic heterocycles. The summed E-state index contributed by atoms with van der Waals surface area (Å²) >= 11 is 0. The minimum Gasteiger partial charge on any atom is -0.483 e. The molecular weight excluding hydrogens is 178 g/mol. The van der Waals surface area contributed by atoms with Crippen LogP contribution in [0.5, 0.6) is 0 Å². The molecule has 0 aromatic carbocycles. The molecule has 0 aromatic heterocycles. The topological polar surface area (TPSA) is 49.3 Å². The molecule has 0 saturated heterocycles. The van der Waals surface area contributed by atoms with Crippen LogP contribution in [-0.4, -0.2) is 23.7 Å². The quantitative estimate of drug-likeness (QED) is 0.652. The zero-order chi connectivity index (χ0) is 11.4. The lowest BCUT2D eigenvalue weighted by Gasteiger charge is -2.18. The van der Waals surface area contributed by atoms with Crippen LogP contribution >= 0.6 is 0 Å². The summed E-state index contributed by atoms with van der Waals surface area (Å²) in [7, 11) is 0. The van der Waals surface area contributed by atoms with Crippen LogP contribution < -0.4 is 5.32 Å². The van der Waals surface area contributed by atoms with Crippen LogP contribution in [-0.2, 0) is 4.79 Å². The first kappa shape index (κ1) is 15.9. The normalized spacial score (nSPS) is 13.7. The van der Waals surface area contributed by atoms with E-state index < -0.39 is 0 Å². The maximum absolute atomic E-state index is 8.36. The van der Waals surface area contributed by atoms with E-state index in [4.69, 9.17) is 9.90 Å². The molecule has 2 unspecified atom stereocenters. The predicted octanol–water partition coefficient (Wildman–Crippen LogP) is 2.65. The Kier molecular flexibility index (Phi) is 14.1. The van der Waals surface area contributed by atoms with E-state index in [2.05, 4.69) is 33.0 Å². The van der Waals surface area contributed by atoms with Crippen LogP contribution in [0.4, 0.5) is 0 Å². The molecule has 2 atom stereocenters. The summed E-state index contributed by atoms with van der Waals surface area (Å²) in [6.07, 6.45) is 5.17. The van der Waals surface area contributed by atoms with Crippen LogP contribution in [0.1, 0.15) is 53.4 Å². The lowest BCUT2D eigenvalue weighted by molar-refractivity contribution is -0.122. The largest absolute Gasteiger partial charge is 0.483 e. The minimum atomic E-state index is -0.250. The summed E-state index contributed by atoms with van der Waals surface area (Å²) < 4.78 is 0. The van der Waals surface area contributed by atoms with Gasteiger partial charge < -0.3 is 10.4 Å². The summed E-state index contributed by atoms with van der Waals surface area (Å²) in [5.41, 5.74) is 0. The first-order chi connectivity index (χ1) is 6.62. The van der Waals surface area contributed by atoms with Crippen molar-refractivity contribution in [2.24, 2.45) is 0 Å². The molecule has 3 nitrogen and oxygen atoms in total. The minimum absolute atomic E-state index is 0.250. The van der Waals surface area contributed by atoms with E-state index in [0.29, 0.717) is 12.1 Å². The van der Waals surface area contributed by atoms with Crippen LogP contribution in [0.25, 0.3) is 0 Å². The molecule has 0 aromatic rings. The SMILES string of the molecule is CCCC(C)NC(C)CCC.O=CO. The summed E-state index contributed by atoms with van der Waals surface area (Å²) in [5.74, 6) is 0. The van der Waals surface area contributed by atoms with Crippen molar-refractivity contribution in [3.05, 3.63) is 0 Å². The molecule has 0 fully saturated rings. The second kappa shape index (κ2) is 12.4. The number of hydrogen-bond donors (Lipinski definition) is 2. The first-order valence-electron chi connectivity index (χ1n) is 5.46. The van der Waals surface area contributed by atoms with Crippen molar-refractivity contribution in [2.45, 2.75) is 65.5 Å². The zero-order valence-electron chi connectivity index (χ0n) is 9.92. The lowest BCUT2D eigenvalue weighted by atomic mass is 10.1. The average Bonchev–Trinajstić information content (AvgIpc) is 2.05. The van der Waals surface area contributed by atoms with Gasteiger partial charge in [-0.2, -0.15) is 0 Å². The van der Waals surface area contributed by atoms with Gasteiger partial charge in [0.1, 0.15) is 0 Å². The Morgan fingerprint density at radius 1 is 1.14 bits per heavy atom. The molecule has 0 amide bonds. The highest BCUT2D eigenvalue weighted by Gasteiger charge is 2.04. The van der Waals surface area contributed by atoms with Gasteiger partial charge in [0.05, 0.1) is 0 Å². The Balaban J connectivity index is 0. The van der Waals surface area contributed by atoms with E-state index in [1.165, 1.54) is 25.7 Å². The molecule has 0 saturated carbocycles. The van der Waals surface area contributed by atoms with E-state index >= 15 is 0 Å². The van der Waals surface area contributed by atoms with Crippen LogP contribution in [0.2, 0.25) is 0 Å². The van der Waals surface area contributed by atoms with Gasteiger partial charge in [0, 0.05) is 12.1 Å². The fraction of sp³-hybridized carbons (Fsp3) is 0.909. The third-order valence-corrected chi connectivity index (χ3v) is 2.01. The Morgan fingerprint density at radius 2 is 1.43 bits per heavy atom. The van der Waals surface area contributed by atoms with Crippen molar-refractivity contribution >= 4 is 6.47 Å². The first-order valence-corrected chi connectivity index (χ1v) is 5.46. The number of carboxylic acid groups (broad SMARTS) is 1. The second-order valence-corrected chi connectivity index (χ2v) is 3.65. The van der Waals surface area contributed by atoms with Crippen molar-refractivity contribution in [2.75, 3.05) is 0 Å². The monoisotopic (exact) mass is 203 g/mol. The number of rotatable bonds is 6. The van der Waals surface area contributed by atoms with E-state index in [1.54, 1.807) is 0 Å². The Hall–Kier alpha value is -0.570. The van der Waals surface area contributed by atoms with Crippen LogP contribution in [0.3, 0.4) is 0 Å². The predicted molar refractivity (Wildman–Crippen MR) is 60.6 cm³/mol. The molecule has 86 valence electrons. The van der Waals surface area contributed by atoms with Gasteiger partial charge in [-0.15, -0.1) is 0 Å². The van der Waals surface area contributed by atoms with E-state index in [0.717, 1.165) is 0 Å². The zero-order valence-corrected chi connectivity index (χ0v) is 9.92. The van der Waals surface area contributed by atoms with Crippen LogP contribution in [0, 0.1) is 0 Å². The Labute approximate surface area is 87.9 Å². The van der Waals surface area contributed by atoms with Crippen molar-refractivity contribution in [3.63, 3.8) is 0 Å². The summed E-state index contributed by atoms with van der Waals surface area (Å²) in [6.45, 7) is 8.77. The number of nitrogens with one attached hydrogen (secondary N) is 1. The second-order valence-electron chi connectivity index (χ2n) is 3.65. The van der Waals surface area contributed by atoms with Crippen molar-refractivity contribution in [1.29, 1.82) is 0 Å². The smallest absolute Gasteiger partial charge is 0.290 e. The number of hydrogen-bond acceptors (Lipinski definition) is 2. The maximum atomic E-state index is 8.36. The van der Waals surface area contributed by atoms with E-state index in [9.17, 15) is 0 Å². The molecule has 0 heterocycles. The van der Waals surface area contributed by atoms with Crippen LogP contribution in [0.15, 0.2) is 0 Å². The van der Waals surface area contributed by atoms with Gasteiger partial charge in [-0.3, -0.25) is 4.79 Å². The van der Waals surface area contributed by atoms with Crippen molar-refractivity contribution < 1.29 is 9.90 Å². The summed E-state index contributed by atoms with van der Waals surface area (Å²) in [6, 6.07) is 1.39. The van der Waals surface area contributed by atoms with Gasteiger partial charge in [0.15, 0.2) is 0 Å². The maximum Gasteiger partial charge on any atom is 0.290 e. The van der Waals surface area contributed by atoms with E-state index in [-0.39, 0.29) is 6.47 Å². The molecule has 0 radical (unpaired) electrons. The van der Waals surface area contributed by atoms with Gasteiger partial charge in [-0.1, -0.05) is 26.7 Å². The fourth-order valence-corrected chi connectivity index (χ4v) is 1.52. The van der Waals surface area contributed by atoms with Crippen molar-refractivity contribution in [3.8, 4) is 0 Å². The molecule has 3 heteroatoms. The molecule has 0 rings (SSSR count). The van der Waals surface area contributed by atoms with Gasteiger partial charge in [-0.05, 0) is 26.7 Å². The summed E-state index contributed by atoms with van der Waals surface area (Å²) in [4.78, 5) is 8.36. The lowest BCUT2D eigenvalue weighted by Crippen LogP contribution is -2.34. The average molecular weight is 203 g/mol. The van der Waals surface area contributed by atoms with Crippen molar-refractivity contribution in [1.82, 2.24) is 5.32 Å². The fourth-order valence-electron chi connectivity index (χ4n) is 1.52. The third-order valence-electron chi connectivity index (χ3n) is 2.01. The standard InChI is InChI=1S/C10H23N.CH2O2/c1-5-7-9(3)11-10(4)8-6-2;2-1-3/h9-11H,5-8H2,1-4H3;1H,(H,2,3). The van der Waals surface area contributed by atoms with Gasteiger partial charge in [-0.25, -0.2) is 0 Å².